The van der Waals surface area contributed by atoms with E-state index in [-0.39, 0.29) is 0 Å². The molecule has 0 aliphatic heterocycles. The first-order valence-electron chi connectivity index (χ1n) is 2.09. The molecule has 0 aromatic rings. The highest BCUT2D eigenvalue weighted by Gasteiger charge is 2.03. The molecule has 0 unspecified atom stereocenters. The van der Waals surface area contributed by atoms with Crippen molar-refractivity contribution < 1.29 is 13.6 Å². The Balaban J connectivity index is 3.20. The number of halogens is 2. The van der Waals surface area contributed by atoms with Crippen LogP contribution in [0.3, 0.4) is 0 Å². The van der Waals surface area contributed by atoms with E-state index in [2.05, 4.69) is 0 Å². The molecule has 0 bridgehead atoms. The van der Waals surface area contributed by atoms with Crippen LogP contribution in [0.1, 0.15) is 0 Å². The number of amides is 1. The molecule has 1 radical (unpaired) electrons. The molecular weight excluding hydrogens is 116 g/mol. The summed E-state index contributed by atoms with van der Waals surface area (Å²) in [4.78, 5) is 9.36. The summed E-state index contributed by atoms with van der Waals surface area (Å²) in [5.41, 5.74) is 0. The van der Waals surface area contributed by atoms with E-state index in [1.807, 2.05) is 5.32 Å². The maximum atomic E-state index is 11.4. The molecule has 0 aliphatic carbocycles. The van der Waals surface area contributed by atoms with Crippen molar-refractivity contribution in [2.24, 2.45) is 0 Å². The largest absolute Gasteiger partial charge is 0.340 e. The number of carbonyl (C=O) groups excluding carboxylic acids is 1. The first-order valence-corrected chi connectivity index (χ1v) is 2.09. The number of rotatable bonds is 4. The molecule has 0 aromatic heterocycles. The number of hydrogen-bond acceptors (Lipinski definition) is 1. The fraction of sp³-hybridized carbons (Fsp3) is 0.750. The van der Waals surface area contributed by atoms with Gasteiger partial charge >= 0.3 is 6.41 Å². The molecular formula is C4H6F2NO. The van der Waals surface area contributed by atoms with Crippen molar-refractivity contribution in [2.45, 2.75) is 6.04 Å². The summed E-state index contributed by atoms with van der Waals surface area (Å²) in [5.74, 6) is 0. The van der Waals surface area contributed by atoms with Gasteiger partial charge in [-0.1, -0.05) is 0 Å². The maximum Gasteiger partial charge on any atom is 0.309 e. The number of nitrogens with one attached hydrogen (secondary N) is 1. The lowest BCUT2D eigenvalue weighted by Gasteiger charge is -2.02. The summed E-state index contributed by atoms with van der Waals surface area (Å²) >= 11 is 0. The molecule has 0 atom stereocenters. The Hall–Kier alpha value is -0.670. The topological polar surface area (TPSA) is 29.1 Å². The average Bonchev–Trinajstić information content (AvgIpc) is 1.83. The van der Waals surface area contributed by atoms with Gasteiger partial charge in [-0.2, -0.15) is 0 Å². The zero-order valence-corrected chi connectivity index (χ0v) is 4.16. The minimum absolute atomic E-state index is 0.883. The predicted molar refractivity (Wildman–Crippen MR) is 24.6 cm³/mol. The molecule has 0 saturated carbocycles. The smallest absolute Gasteiger partial charge is 0.309 e. The van der Waals surface area contributed by atoms with E-state index in [4.69, 9.17) is 0 Å². The molecule has 0 rings (SSSR count). The fourth-order valence-corrected chi connectivity index (χ4v) is 0.202. The summed E-state index contributed by atoms with van der Waals surface area (Å²) in [6.45, 7) is -1.77. The van der Waals surface area contributed by atoms with Gasteiger partial charge in [-0.05, 0) is 0 Å². The predicted octanol–water partition coefficient (Wildman–Crippen LogP) is -0.0492. The molecule has 8 heavy (non-hydrogen) atoms. The van der Waals surface area contributed by atoms with Crippen molar-refractivity contribution in [1.82, 2.24) is 5.32 Å². The molecule has 0 saturated heterocycles. The van der Waals surface area contributed by atoms with Crippen molar-refractivity contribution >= 4 is 6.41 Å². The highest BCUT2D eigenvalue weighted by atomic mass is 19.1. The molecule has 1 N–H and O–H groups in total. The lowest BCUT2D eigenvalue weighted by Crippen LogP contribution is -2.31. The summed E-state index contributed by atoms with van der Waals surface area (Å²) in [7, 11) is 0. The van der Waals surface area contributed by atoms with Crippen molar-refractivity contribution in [2.75, 3.05) is 13.3 Å². The normalized spacial score (nSPS) is 9.38. The van der Waals surface area contributed by atoms with Crippen LogP contribution in [0.2, 0.25) is 0 Å². The SMILES string of the molecule is O=[C]NC(CF)CF. The monoisotopic (exact) mass is 122 g/mol. The van der Waals surface area contributed by atoms with Crippen LogP contribution >= 0.6 is 0 Å². The van der Waals surface area contributed by atoms with Crippen LogP contribution in [0.15, 0.2) is 0 Å². The van der Waals surface area contributed by atoms with Crippen LogP contribution in [-0.2, 0) is 4.79 Å². The summed E-state index contributed by atoms with van der Waals surface area (Å²) in [6.07, 6.45) is 1.19. The van der Waals surface area contributed by atoms with E-state index in [0.717, 1.165) is 0 Å². The maximum absolute atomic E-state index is 11.4. The molecule has 0 fully saturated rings. The van der Waals surface area contributed by atoms with Crippen LogP contribution in [-0.4, -0.2) is 25.8 Å². The van der Waals surface area contributed by atoms with Gasteiger partial charge in [0.2, 0.25) is 0 Å². The second kappa shape index (κ2) is 4.49. The number of hydrogen-bond donors (Lipinski definition) is 1. The second-order valence-corrected chi connectivity index (χ2v) is 1.25. The van der Waals surface area contributed by atoms with Crippen molar-refractivity contribution in [3.8, 4) is 0 Å². The van der Waals surface area contributed by atoms with Crippen LogP contribution in [0.4, 0.5) is 8.78 Å². The molecule has 47 valence electrons. The second-order valence-electron chi connectivity index (χ2n) is 1.25. The standard InChI is InChI=1S/C4H6F2NO/c5-1-4(2-6)7-3-8/h4H,1-2H2,(H,7,8). The molecule has 0 aromatic carbocycles. The summed E-state index contributed by atoms with van der Waals surface area (Å²) in [6, 6.07) is -1.01. The molecule has 0 spiro atoms. The zero-order valence-electron chi connectivity index (χ0n) is 4.16. The zero-order chi connectivity index (χ0) is 6.41. The van der Waals surface area contributed by atoms with Crippen molar-refractivity contribution in [3.63, 3.8) is 0 Å². The van der Waals surface area contributed by atoms with Crippen LogP contribution in [0, 0.1) is 0 Å². The minimum Gasteiger partial charge on any atom is -0.340 e. The van der Waals surface area contributed by atoms with Crippen molar-refractivity contribution in [1.29, 1.82) is 0 Å². The Morgan fingerprint density at radius 3 is 2.12 bits per heavy atom. The minimum atomic E-state index is -1.01. The van der Waals surface area contributed by atoms with Crippen LogP contribution < -0.4 is 5.32 Å². The van der Waals surface area contributed by atoms with Gasteiger partial charge in [-0.3, -0.25) is 4.79 Å². The molecule has 2 nitrogen and oxygen atoms in total. The highest BCUT2D eigenvalue weighted by Crippen LogP contribution is 1.83. The lowest BCUT2D eigenvalue weighted by atomic mass is 10.4. The average molecular weight is 122 g/mol. The number of alkyl halides is 2. The first kappa shape index (κ1) is 7.33. The molecule has 4 heteroatoms. The first-order chi connectivity index (χ1) is 3.85. The van der Waals surface area contributed by atoms with Gasteiger partial charge in [0.05, 0.1) is 6.04 Å². The van der Waals surface area contributed by atoms with Gasteiger partial charge in [0.25, 0.3) is 0 Å². The fourth-order valence-electron chi connectivity index (χ4n) is 0.202. The van der Waals surface area contributed by atoms with Gasteiger partial charge in [0.15, 0.2) is 0 Å². The van der Waals surface area contributed by atoms with Gasteiger partial charge in [0, 0.05) is 0 Å². The Bertz CT molecular complexity index is 65.1. The highest BCUT2D eigenvalue weighted by molar-refractivity contribution is 5.47. The Morgan fingerprint density at radius 2 is 2.00 bits per heavy atom. The Morgan fingerprint density at radius 1 is 1.50 bits per heavy atom. The van der Waals surface area contributed by atoms with E-state index in [0.29, 0.717) is 0 Å². The van der Waals surface area contributed by atoms with Crippen molar-refractivity contribution in [3.05, 3.63) is 0 Å². The van der Waals surface area contributed by atoms with Gasteiger partial charge in [-0.15, -0.1) is 0 Å². The van der Waals surface area contributed by atoms with E-state index in [1.54, 1.807) is 0 Å². The van der Waals surface area contributed by atoms with Gasteiger partial charge in [0.1, 0.15) is 13.3 Å². The Kier molecular flexibility index (Phi) is 4.11. The third-order valence-electron chi connectivity index (χ3n) is 0.636. The van der Waals surface area contributed by atoms with Gasteiger partial charge < -0.3 is 5.32 Å². The Labute approximate surface area is 45.9 Å². The van der Waals surface area contributed by atoms with E-state index in [9.17, 15) is 13.6 Å². The van der Waals surface area contributed by atoms with E-state index < -0.39 is 19.4 Å². The molecule has 1 amide bonds. The summed E-state index contributed by atoms with van der Waals surface area (Å²) < 4.78 is 22.7. The molecule has 0 heterocycles. The third-order valence-corrected chi connectivity index (χ3v) is 0.636. The van der Waals surface area contributed by atoms with Gasteiger partial charge in [-0.25, -0.2) is 8.78 Å². The van der Waals surface area contributed by atoms with Crippen LogP contribution in [0.25, 0.3) is 0 Å². The van der Waals surface area contributed by atoms with E-state index in [1.165, 1.54) is 6.41 Å². The summed E-state index contributed by atoms with van der Waals surface area (Å²) in [5, 5.41) is 1.83. The quantitative estimate of drug-likeness (QED) is 0.520. The third kappa shape index (κ3) is 2.49. The van der Waals surface area contributed by atoms with Crippen LogP contribution in [0.5, 0.6) is 0 Å². The lowest BCUT2D eigenvalue weighted by molar-refractivity contribution is 0.329. The van der Waals surface area contributed by atoms with E-state index >= 15 is 0 Å². The molecule has 0 aliphatic rings.